The lowest BCUT2D eigenvalue weighted by Crippen LogP contribution is -2.38. The Hall–Kier alpha value is -1.31. The van der Waals surface area contributed by atoms with E-state index in [1.165, 1.54) is 0 Å². The molecule has 0 aliphatic carbocycles. The summed E-state index contributed by atoms with van der Waals surface area (Å²) in [6, 6.07) is 5.18. The maximum Gasteiger partial charge on any atom is 0.326 e. The number of nitrogens with two attached hydrogens (primary N) is 1. The lowest BCUT2D eigenvalue weighted by Gasteiger charge is -2.10. The molecule has 15 heavy (non-hydrogen) atoms. The molecule has 0 unspecified atom stereocenters. The van der Waals surface area contributed by atoms with Crippen LogP contribution in [0.1, 0.15) is 5.56 Å². The van der Waals surface area contributed by atoms with E-state index in [1.807, 2.05) is 25.1 Å². The molecule has 0 fully saturated rings. The molecule has 0 atom stereocenters. The fraction of sp³-hybridized carbons (Fsp3) is 0.111. The number of carbonyl (C=O) groups excluding carboxylic acids is 1. The summed E-state index contributed by atoms with van der Waals surface area (Å²) in [5.41, 5.74) is 6.72. The van der Waals surface area contributed by atoms with E-state index in [0.717, 1.165) is 14.8 Å². The summed E-state index contributed by atoms with van der Waals surface area (Å²) in [7, 11) is 0. The van der Waals surface area contributed by atoms with Gasteiger partial charge in [0.2, 0.25) is 0 Å². The third-order valence-electron chi connectivity index (χ3n) is 1.71. The van der Waals surface area contributed by atoms with Crippen LogP contribution < -0.4 is 16.4 Å². The number of halogens is 1. The minimum atomic E-state index is -0.505. The van der Waals surface area contributed by atoms with Gasteiger partial charge < -0.3 is 11.1 Å². The fourth-order valence-corrected chi connectivity index (χ4v) is 1.83. The van der Waals surface area contributed by atoms with Gasteiger partial charge in [-0.05, 0) is 41.1 Å². The molecule has 1 rings (SSSR count). The predicted molar refractivity (Wildman–Crippen MR) is 68.0 cm³/mol. The van der Waals surface area contributed by atoms with Crippen molar-refractivity contribution in [1.29, 1.82) is 5.41 Å². The Kier molecular flexibility index (Phi) is 3.89. The SMILES string of the molecule is Cc1cccc(I)c1NC(=O)NC(=N)N. The van der Waals surface area contributed by atoms with Gasteiger partial charge in [-0.1, -0.05) is 12.1 Å². The predicted octanol–water partition coefficient (Wildman–Crippen LogP) is 1.61. The van der Waals surface area contributed by atoms with Crippen molar-refractivity contribution in [2.75, 3.05) is 5.32 Å². The van der Waals surface area contributed by atoms with Crippen LogP contribution in [-0.2, 0) is 0 Å². The van der Waals surface area contributed by atoms with Gasteiger partial charge in [0.25, 0.3) is 0 Å². The van der Waals surface area contributed by atoms with Gasteiger partial charge in [-0.25, -0.2) is 4.79 Å². The zero-order valence-corrected chi connectivity index (χ0v) is 10.3. The van der Waals surface area contributed by atoms with Crippen LogP contribution in [0.15, 0.2) is 18.2 Å². The second-order valence-corrected chi connectivity index (χ2v) is 4.09. The van der Waals surface area contributed by atoms with Gasteiger partial charge in [0.1, 0.15) is 0 Å². The van der Waals surface area contributed by atoms with Gasteiger partial charge in [-0.15, -0.1) is 0 Å². The molecule has 0 saturated carbocycles. The number of guanidine groups is 1. The molecule has 0 saturated heterocycles. The van der Waals surface area contributed by atoms with Crippen LogP contribution in [-0.4, -0.2) is 12.0 Å². The van der Waals surface area contributed by atoms with E-state index >= 15 is 0 Å². The average Bonchev–Trinajstić information content (AvgIpc) is 2.10. The third kappa shape index (κ3) is 3.39. The second-order valence-electron chi connectivity index (χ2n) is 2.92. The van der Waals surface area contributed by atoms with E-state index in [-0.39, 0.29) is 5.96 Å². The Bertz CT molecular complexity index is 385. The summed E-state index contributed by atoms with van der Waals surface area (Å²) in [4.78, 5) is 11.3. The lowest BCUT2D eigenvalue weighted by atomic mass is 10.2. The normalized spacial score (nSPS) is 9.47. The second kappa shape index (κ2) is 4.96. The molecule has 1 aromatic carbocycles. The summed E-state index contributed by atoms with van der Waals surface area (Å²) in [6.45, 7) is 1.89. The largest absolute Gasteiger partial charge is 0.370 e. The molecule has 1 aromatic rings. The van der Waals surface area contributed by atoms with Crippen LogP contribution in [0.25, 0.3) is 0 Å². The van der Waals surface area contributed by atoms with Crippen molar-refractivity contribution in [2.24, 2.45) is 5.73 Å². The highest BCUT2D eigenvalue weighted by Gasteiger charge is 2.07. The van der Waals surface area contributed by atoms with Crippen LogP contribution in [0.2, 0.25) is 0 Å². The molecule has 0 aromatic heterocycles. The van der Waals surface area contributed by atoms with Crippen LogP contribution in [0, 0.1) is 15.9 Å². The number of para-hydroxylation sites is 1. The lowest BCUT2D eigenvalue weighted by molar-refractivity contribution is 0.256. The Labute approximate surface area is 101 Å². The first-order valence-electron chi connectivity index (χ1n) is 4.18. The number of urea groups is 1. The first-order valence-corrected chi connectivity index (χ1v) is 5.25. The van der Waals surface area contributed by atoms with Crippen LogP contribution >= 0.6 is 22.6 Å². The third-order valence-corrected chi connectivity index (χ3v) is 2.61. The minimum absolute atomic E-state index is 0.379. The topological polar surface area (TPSA) is 91.0 Å². The summed E-state index contributed by atoms with van der Waals surface area (Å²) in [5, 5.41) is 11.7. The highest BCUT2D eigenvalue weighted by Crippen LogP contribution is 2.21. The molecule has 0 spiro atoms. The molecule has 5 N–H and O–H groups in total. The standard InChI is InChI=1S/C9H11IN4O/c1-5-3-2-4-6(10)7(5)13-9(15)14-8(11)12/h2-4H,1H3,(H5,11,12,13,14,15). The van der Waals surface area contributed by atoms with Crippen molar-refractivity contribution in [3.05, 3.63) is 27.3 Å². The summed E-state index contributed by atoms with van der Waals surface area (Å²) >= 11 is 2.13. The molecule has 80 valence electrons. The van der Waals surface area contributed by atoms with Gasteiger partial charge >= 0.3 is 6.03 Å². The Morgan fingerprint density at radius 3 is 2.73 bits per heavy atom. The molecule has 5 nitrogen and oxygen atoms in total. The average molecular weight is 318 g/mol. The molecule has 0 aliphatic heterocycles. The number of nitrogens with one attached hydrogen (secondary N) is 3. The number of hydrogen-bond acceptors (Lipinski definition) is 2. The van der Waals surface area contributed by atoms with Crippen molar-refractivity contribution >= 4 is 40.3 Å². The Morgan fingerprint density at radius 2 is 2.20 bits per heavy atom. The highest BCUT2D eigenvalue weighted by molar-refractivity contribution is 14.1. The minimum Gasteiger partial charge on any atom is -0.370 e. The molecular weight excluding hydrogens is 307 g/mol. The van der Waals surface area contributed by atoms with Gasteiger partial charge in [0, 0.05) is 3.57 Å². The number of hydrogen-bond donors (Lipinski definition) is 4. The molecule has 0 aliphatic rings. The van der Waals surface area contributed by atoms with Gasteiger partial charge in [0.05, 0.1) is 5.69 Å². The van der Waals surface area contributed by atoms with E-state index in [0.29, 0.717) is 0 Å². The van der Waals surface area contributed by atoms with E-state index in [2.05, 4.69) is 33.2 Å². The van der Waals surface area contributed by atoms with Crippen molar-refractivity contribution in [1.82, 2.24) is 5.32 Å². The molecule has 6 heteroatoms. The number of benzene rings is 1. The van der Waals surface area contributed by atoms with Crippen LogP contribution in [0.3, 0.4) is 0 Å². The molecule has 0 bridgehead atoms. The molecular formula is C9H11IN4O. The van der Waals surface area contributed by atoms with E-state index in [4.69, 9.17) is 11.1 Å². The number of aryl methyl sites for hydroxylation is 1. The Balaban J connectivity index is 2.80. The highest BCUT2D eigenvalue weighted by atomic mass is 127. The van der Waals surface area contributed by atoms with Crippen LogP contribution in [0.5, 0.6) is 0 Å². The van der Waals surface area contributed by atoms with Crippen molar-refractivity contribution in [3.8, 4) is 0 Å². The van der Waals surface area contributed by atoms with E-state index in [9.17, 15) is 4.79 Å². The van der Waals surface area contributed by atoms with E-state index in [1.54, 1.807) is 0 Å². The summed E-state index contributed by atoms with van der Waals surface area (Å²) in [6.07, 6.45) is 0. The maximum absolute atomic E-state index is 11.3. The number of amides is 2. The number of anilines is 1. The monoisotopic (exact) mass is 318 g/mol. The smallest absolute Gasteiger partial charge is 0.326 e. The van der Waals surface area contributed by atoms with E-state index < -0.39 is 6.03 Å². The zero-order chi connectivity index (χ0) is 11.4. The Morgan fingerprint density at radius 1 is 1.53 bits per heavy atom. The molecule has 0 radical (unpaired) electrons. The van der Waals surface area contributed by atoms with Crippen molar-refractivity contribution < 1.29 is 4.79 Å². The quantitative estimate of drug-likeness (QED) is 0.360. The molecule has 2 amide bonds. The number of carbonyl (C=O) groups is 1. The van der Waals surface area contributed by atoms with Crippen molar-refractivity contribution in [2.45, 2.75) is 6.92 Å². The summed E-state index contributed by atoms with van der Waals surface area (Å²) < 4.78 is 0.936. The summed E-state index contributed by atoms with van der Waals surface area (Å²) in [5.74, 6) is -0.379. The zero-order valence-electron chi connectivity index (χ0n) is 8.10. The van der Waals surface area contributed by atoms with Gasteiger partial charge in [-0.2, -0.15) is 0 Å². The van der Waals surface area contributed by atoms with Gasteiger partial charge in [-0.3, -0.25) is 10.7 Å². The molecule has 0 heterocycles. The first kappa shape index (κ1) is 11.8. The van der Waals surface area contributed by atoms with Crippen molar-refractivity contribution in [3.63, 3.8) is 0 Å². The number of rotatable bonds is 1. The van der Waals surface area contributed by atoms with Crippen LogP contribution in [0.4, 0.5) is 10.5 Å². The fourth-order valence-electron chi connectivity index (χ4n) is 1.06. The first-order chi connectivity index (χ1) is 7.00. The van der Waals surface area contributed by atoms with Gasteiger partial charge in [0.15, 0.2) is 5.96 Å². The maximum atomic E-state index is 11.3.